The summed E-state index contributed by atoms with van der Waals surface area (Å²) in [6.07, 6.45) is -24.7. The number of azide groups is 6. The molecule has 2 saturated carbocycles. The van der Waals surface area contributed by atoms with Crippen molar-refractivity contribution in [2.45, 2.75) is 135 Å². The largest absolute Gasteiger partial charge is 0.394 e. The van der Waals surface area contributed by atoms with Gasteiger partial charge in [0.2, 0.25) is 0 Å². The van der Waals surface area contributed by atoms with Crippen LogP contribution in [0.5, 0.6) is 0 Å². The second kappa shape index (κ2) is 21.2. The van der Waals surface area contributed by atoms with E-state index in [1.807, 2.05) is 0 Å². The second-order valence-electron chi connectivity index (χ2n) is 12.9. The van der Waals surface area contributed by atoms with E-state index in [4.69, 9.17) is 50.5 Å². The molecule has 0 amide bonds. The number of aliphatic hydroxyl groups excluding tert-OH is 8. The third kappa shape index (κ3) is 10.1. The first-order valence-electron chi connectivity index (χ1n) is 16.8. The summed E-state index contributed by atoms with van der Waals surface area (Å²) in [5.41, 5.74) is 54.8. The maximum Gasteiger partial charge on any atom is 0.169 e. The summed E-state index contributed by atoms with van der Waals surface area (Å²) >= 11 is 0. The maximum absolute atomic E-state index is 11.1. The lowest BCUT2D eigenvalue weighted by Gasteiger charge is -2.47. The zero-order chi connectivity index (χ0) is 41.8. The monoisotopic (exact) mass is 814 g/mol. The van der Waals surface area contributed by atoms with Gasteiger partial charge in [-0.3, -0.25) is 0 Å². The van der Waals surface area contributed by atoms with Gasteiger partial charge in [-0.05, 0) is 46.0 Å². The Labute approximate surface area is 317 Å². The molecule has 4 aliphatic rings. The summed E-state index contributed by atoms with van der Waals surface area (Å²) in [5, 5.41) is 106. The standard InChI is InChI=1S/C25H38N18O14/c26-38-32-6-1-8(34-40-28)20(18(50)14(6)46)56-24-12(36-42-30)22(16(48)10(3-44)54-24)52-5-53-23-13(37-43-31)25(55-11(4-45)17(23)49)57-21-9(35-41-29)2-7(33-39-27)15(47)19(21)51/h6-25,44-51H,1-5H2/t6-,7+,8?,9?,10?,11?,12?,13?,14?,15?,16-,17+,18-,19+,20-,21+,22-,23+,24-,25+. The Morgan fingerprint density at radius 1 is 0.456 bits per heavy atom. The summed E-state index contributed by atoms with van der Waals surface area (Å²) in [4.78, 5) is 16.0. The summed E-state index contributed by atoms with van der Waals surface area (Å²) in [6.45, 7) is -2.75. The van der Waals surface area contributed by atoms with E-state index in [1.165, 1.54) is 0 Å². The lowest BCUT2D eigenvalue weighted by Crippen LogP contribution is -2.64. The van der Waals surface area contributed by atoms with Gasteiger partial charge >= 0.3 is 0 Å². The molecule has 0 aromatic heterocycles. The Hall–Kier alpha value is -4.70. The third-order valence-corrected chi connectivity index (χ3v) is 9.80. The molecule has 312 valence electrons. The number of aliphatic hydroxyl groups is 8. The van der Waals surface area contributed by atoms with E-state index >= 15 is 0 Å². The van der Waals surface area contributed by atoms with Crippen LogP contribution in [0.15, 0.2) is 30.7 Å². The topological polar surface area (TPSA) is 510 Å². The average Bonchev–Trinajstić information content (AvgIpc) is 3.19. The molecule has 57 heavy (non-hydrogen) atoms. The minimum absolute atomic E-state index is 0.308. The number of hydrogen-bond donors (Lipinski definition) is 8. The van der Waals surface area contributed by atoms with Crippen LogP contribution in [-0.4, -0.2) is 183 Å². The summed E-state index contributed by atoms with van der Waals surface area (Å²) in [6, 6.07) is -8.46. The van der Waals surface area contributed by atoms with Gasteiger partial charge in [0, 0.05) is 29.5 Å². The van der Waals surface area contributed by atoms with E-state index in [0.29, 0.717) is 0 Å². The molecule has 2 aliphatic heterocycles. The molecule has 0 radical (unpaired) electrons. The minimum atomic E-state index is -1.88. The van der Waals surface area contributed by atoms with Crippen molar-refractivity contribution in [3.63, 3.8) is 0 Å². The highest BCUT2D eigenvalue weighted by atomic mass is 16.7. The number of hydrogen-bond acceptors (Lipinski definition) is 20. The molecule has 2 heterocycles. The van der Waals surface area contributed by atoms with Gasteiger partial charge in [0.25, 0.3) is 0 Å². The Kier molecular flexibility index (Phi) is 16.7. The van der Waals surface area contributed by atoms with Crippen molar-refractivity contribution in [2.24, 2.45) is 30.7 Å². The predicted octanol–water partition coefficient (Wildman–Crippen LogP) is -1.03. The van der Waals surface area contributed by atoms with Crippen LogP contribution in [0, 0.1) is 0 Å². The first kappa shape index (κ1) is 45.0. The van der Waals surface area contributed by atoms with Crippen molar-refractivity contribution in [1.29, 1.82) is 0 Å². The zero-order valence-electron chi connectivity index (χ0n) is 29.2. The first-order valence-corrected chi connectivity index (χ1v) is 16.8. The lowest BCUT2D eigenvalue weighted by molar-refractivity contribution is -0.320. The number of nitrogens with zero attached hydrogens (tertiary/aromatic N) is 18. The van der Waals surface area contributed by atoms with Gasteiger partial charge in [0.1, 0.15) is 67.7 Å². The first-order chi connectivity index (χ1) is 27.4. The van der Waals surface area contributed by atoms with Crippen LogP contribution in [0.3, 0.4) is 0 Å². The van der Waals surface area contributed by atoms with Gasteiger partial charge in [0.15, 0.2) is 12.6 Å². The molecule has 2 saturated heterocycles. The van der Waals surface area contributed by atoms with Gasteiger partial charge < -0.3 is 69.3 Å². The van der Waals surface area contributed by atoms with Crippen LogP contribution in [0.2, 0.25) is 0 Å². The fourth-order valence-electron chi connectivity index (χ4n) is 7.00. The van der Waals surface area contributed by atoms with Crippen molar-refractivity contribution >= 4 is 0 Å². The summed E-state index contributed by atoms with van der Waals surface area (Å²) in [5.74, 6) is 0. The van der Waals surface area contributed by atoms with Crippen LogP contribution in [0.4, 0.5) is 0 Å². The van der Waals surface area contributed by atoms with E-state index in [1.54, 1.807) is 0 Å². The molecule has 0 aromatic carbocycles. The molecule has 0 bridgehead atoms. The molecular weight excluding hydrogens is 776 g/mol. The normalized spacial score (nSPS) is 42.9. The van der Waals surface area contributed by atoms with Crippen LogP contribution >= 0.6 is 0 Å². The van der Waals surface area contributed by atoms with E-state index in [0.717, 1.165) is 0 Å². The number of ether oxygens (including phenoxy) is 6. The SMILES string of the molecule is [N-]=[N+]=NC1C[C@@H](N=[N+]=[N-])C(O)[C@@H](O)[C@@H]1O[C@H]1OC(CO)[C@@H](O)[C@H](OCO[C@H]2C(N=[N+]=[N-])[C@H](O[C@H]3C(N=[N+]=[N-])C[C@H](N=[N+]=[N-])C(O)[C@@H]3O)OC(CO)[C@@H]2O)C1N=[N+]=[N-]. The van der Waals surface area contributed by atoms with E-state index in [2.05, 4.69) is 60.2 Å². The van der Waals surface area contributed by atoms with Gasteiger partial charge in [-0.15, -0.1) is 0 Å². The van der Waals surface area contributed by atoms with Gasteiger partial charge in [0.05, 0.1) is 61.8 Å². The second-order valence-corrected chi connectivity index (χ2v) is 12.9. The zero-order valence-corrected chi connectivity index (χ0v) is 29.2. The lowest BCUT2D eigenvalue weighted by atomic mass is 9.84. The molecule has 4 fully saturated rings. The molecule has 32 nitrogen and oxygen atoms in total. The highest BCUT2D eigenvalue weighted by Gasteiger charge is 2.53. The Morgan fingerprint density at radius 3 is 1.11 bits per heavy atom. The fraction of sp³-hybridized carbons (Fsp3) is 1.00. The molecule has 0 spiro atoms. The molecule has 8 unspecified atom stereocenters. The highest BCUT2D eigenvalue weighted by molar-refractivity contribution is 5.04. The molecule has 20 atom stereocenters. The fourth-order valence-corrected chi connectivity index (χ4v) is 7.00. The van der Waals surface area contributed by atoms with Crippen LogP contribution in [0.25, 0.3) is 62.7 Å². The van der Waals surface area contributed by atoms with Crippen LogP contribution < -0.4 is 0 Å². The Morgan fingerprint density at radius 2 is 0.789 bits per heavy atom. The molecule has 2 aliphatic carbocycles. The average molecular weight is 815 g/mol. The maximum atomic E-state index is 11.1. The predicted molar refractivity (Wildman–Crippen MR) is 179 cm³/mol. The molecule has 32 heteroatoms. The van der Waals surface area contributed by atoms with Gasteiger partial charge in [-0.1, -0.05) is 30.7 Å². The highest BCUT2D eigenvalue weighted by Crippen LogP contribution is 2.36. The summed E-state index contributed by atoms with van der Waals surface area (Å²) in [7, 11) is 0. The Balaban J connectivity index is 1.58. The quantitative estimate of drug-likeness (QED) is 0.0400. The van der Waals surface area contributed by atoms with Crippen molar-refractivity contribution in [1.82, 2.24) is 0 Å². The molecule has 8 N–H and O–H groups in total. The van der Waals surface area contributed by atoms with E-state index in [-0.39, 0.29) is 12.8 Å². The smallest absolute Gasteiger partial charge is 0.169 e. The van der Waals surface area contributed by atoms with Crippen molar-refractivity contribution in [2.75, 3.05) is 20.0 Å². The Bertz CT molecular complexity index is 1550. The van der Waals surface area contributed by atoms with Gasteiger partial charge in [-0.2, -0.15) is 0 Å². The molecule has 0 aromatic rings. The van der Waals surface area contributed by atoms with Crippen molar-refractivity contribution in [3.05, 3.63) is 62.7 Å². The third-order valence-electron chi connectivity index (χ3n) is 9.80. The van der Waals surface area contributed by atoms with Crippen LogP contribution in [0.1, 0.15) is 12.8 Å². The number of rotatable bonds is 16. The van der Waals surface area contributed by atoms with Crippen molar-refractivity contribution in [3.8, 4) is 0 Å². The molecule has 4 rings (SSSR count). The van der Waals surface area contributed by atoms with Crippen LogP contribution in [-0.2, 0) is 28.4 Å². The molecular formula is C25H38N18O14. The van der Waals surface area contributed by atoms with Gasteiger partial charge in [-0.25, -0.2) is 0 Å². The minimum Gasteiger partial charge on any atom is -0.394 e. The van der Waals surface area contributed by atoms with E-state index in [9.17, 15) is 51.9 Å². The van der Waals surface area contributed by atoms with E-state index < -0.39 is 142 Å². The van der Waals surface area contributed by atoms with Crippen molar-refractivity contribution < 1.29 is 69.3 Å². The summed E-state index contributed by atoms with van der Waals surface area (Å²) < 4.78 is 34.3.